The molecular weight excluding hydrogens is 240 g/mol. The van der Waals surface area contributed by atoms with Gasteiger partial charge in [-0.1, -0.05) is 0 Å². The molecule has 8 nitrogen and oxygen atoms in total. The van der Waals surface area contributed by atoms with E-state index in [0.29, 0.717) is 11.2 Å². The Labute approximate surface area is 100 Å². The van der Waals surface area contributed by atoms with Crippen LogP contribution in [-0.4, -0.2) is 47.6 Å². The summed E-state index contributed by atoms with van der Waals surface area (Å²) in [6.45, 7) is 0.156. The van der Waals surface area contributed by atoms with Gasteiger partial charge >= 0.3 is 5.69 Å². The minimum absolute atomic E-state index is 0.156. The van der Waals surface area contributed by atoms with E-state index in [-0.39, 0.29) is 6.54 Å². The Kier molecular flexibility index (Phi) is 1.79. The van der Waals surface area contributed by atoms with Crippen molar-refractivity contribution in [2.75, 3.05) is 0 Å². The third kappa shape index (κ3) is 1.07. The van der Waals surface area contributed by atoms with Crippen LogP contribution in [0.5, 0.6) is 0 Å². The summed E-state index contributed by atoms with van der Waals surface area (Å²) in [6, 6.07) is 0. The first-order valence-corrected chi connectivity index (χ1v) is 5.61. The summed E-state index contributed by atoms with van der Waals surface area (Å²) in [5, 5.41) is 19.8. The number of hydrogen-bond donors (Lipinski definition) is 2. The van der Waals surface area contributed by atoms with Crippen LogP contribution in [0.4, 0.5) is 0 Å². The van der Waals surface area contributed by atoms with Gasteiger partial charge in [0.2, 0.25) is 0 Å². The fourth-order valence-electron chi connectivity index (χ4n) is 2.66. The topological polar surface area (TPSA) is 102 Å². The number of aliphatic hydroxyl groups is 2. The molecule has 0 radical (unpaired) electrons. The Morgan fingerprint density at radius 2 is 2.17 bits per heavy atom. The Balaban J connectivity index is 2.08. The van der Waals surface area contributed by atoms with Crippen molar-refractivity contribution in [2.45, 2.75) is 31.1 Å². The molecule has 4 atom stereocenters. The van der Waals surface area contributed by atoms with Crippen LogP contribution in [-0.2, 0) is 11.3 Å². The summed E-state index contributed by atoms with van der Waals surface area (Å²) in [4.78, 5) is 19.6. The van der Waals surface area contributed by atoms with Crippen LogP contribution >= 0.6 is 0 Å². The van der Waals surface area contributed by atoms with Gasteiger partial charge in [-0.05, 0) is 0 Å². The zero-order valence-electron chi connectivity index (χ0n) is 9.17. The minimum Gasteiger partial charge on any atom is -0.387 e. The fourth-order valence-corrected chi connectivity index (χ4v) is 2.66. The van der Waals surface area contributed by atoms with Crippen molar-refractivity contribution < 1.29 is 14.9 Å². The minimum atomic E-state index is -1.02. The fraction of sp³-hybridized carbons (Fsp3) is 0.500. The van der Waals surface area contributed by atoms with Crippen molar-refractivity contribution in [3.05, 3.63) is 23.0 Å². The van der Waals surface area contributed by atoms with E-state index in [1.165, 1.54) is 17.1 Å². The Hall–Kier alpha value is -1.77. The molecule has 1 fully saturated rings. The predicted octanol–water partition coefficient (Wildman–Crippen LogP) is -1.77. The Morgan fingerprint density at radius 3 is 3.00 bits per heavy atom. The van der Waals surface area contributed by atoms with Gasteiger partial charge in [0.1, 0.15) is 29.5 Å². The van der Waals surface area contributed by atoms with Crippen molar-refractivity contribution in [3.63, 3.8) is 0 Å². The van der Waals surface area contributed by atoms with Crippen molar-refractivity contribution >= 4 is 11.2 Å². The van der Waals surface area contributed by atoms with E-state index < -0.39 is 30.2 Å². The molecule has 3 unspecified atom stereocenters. The van der Waals surface area contributed by atoms with Crippen molar-refractivity contribution in [3.8, 4) is 0 Å². The molecule has 0 amide bonds. The van der Waals surface area contributed by atoms with Crippen LogP contribution < -0.4 is 5.69 Å². The highest BCUT2D eigenvalue weighted by Gasteiger charge is 2.46. The monoisotopic (exact) mass is 250 g/mol. The van der Waals surface area contributed by atoms with Crippen LogP contribution in [0, 0.1) is 0 Å². The third-order valence-electron chi connectivity index (χ3n) is 3.55. The number of aromatic nitrogens is 4. The molecule has 0 spiro atoms. The third-order valence-corrected chi connectivity index (χ3v) is 3.55. The standard InChI is InChI=1S/C10H10N4O4/c15-6-5-2-13-8-4(1-11-10(13)17)12-3-14(8)9(18-5)7(6)16/h1,3,5-7,9,15-16H,2H2/t5?,6-,7?,9?/m1/s1. The SMILES string of the molecule is O=c1ncc2ncn3c2n1CC1OC3C(O)[C@@H]1O. The molecule has 94 valence electrons. The smallest absolute Gasteiger partial charge is 0.349 e. The molecule has 0 saturated carbocycles. The van der Waals surface area contributed by atoms with Gasteiger partial charge in [-0.15, -0.1) is 0 Å². The normalized spacial score (nSPS) is 33.9. The molecule has 4 heterocycles. The summed E-state index contributed by atoms with van der Waals surface area (Å²) in [6.07, 6.45) is -0.499. The second-order valence-corrected chi connectivity index (χ2v) is 4.56. The molecule has 18 heavy (non-hydrogen) atoms. The second kappa shape index (κ2) is 3.16. The van der Waals surface area contributed by atoms with Gasteiger partial charge in [0, 0.05) is 0 Å². The van der Waals surface area contributed by atoms with Crippen molar-refractivity contribution in [1.29, 1.82) is 0 Å². The first-order valence-electron chi connectivity index (χ1n) is 5.61. The lowest BCUT2D eigenvalue weighted by Crippen LogP contribution is -2.38. The van der Waals surface area contributed by atoms with Gasteiger partial charge in [0.25, 0.3) is 0 Å². The maximum atomic E-state index is 11.8. The van der Waals surface area contributed by atoms with Gasteiger partial charge in [0.05, 0.1) is 19.1 Å². The molecule has 1 saturated heterocycles. The molecule has 0 aliphatic carbocycles. The van der Waals surface area contributed by atoms with Crippen molar-refractivity contribution in [1.82, 2.24) is 19.1 Å². The van der Waals surface area contributed by atoms with E-state index >= 15 is 0 Å². The van der Waals surface area contributed by atoms with E-state index in [9.17, 15) is 15.0 Å². The number of ether oxygens (including phenoxy) is 1. The van der Waals surface area contributed by atoms with E-state index in [1.807, 2.05) is 0 Å². The summed E-state index contributed by atoms with van der Waals surface area (Å²) >= 11 is 0. The van der Waals surface area contributed by atoms with Crippen molar-refractivity contribution in [2.24, 2.45) is 0 Å². The van der Waals surface area contributed by atoms with Crippen LogP contribution in [0.2, 0.25) is 0 Å². The number of hydrogen-bond acceptors (Lipinski definition) is 6. The average molecular weight is 250 g/mol. The Bertz CT molecular complexity index is 693. The molecule has 8 heteroatoms. The molecule has 2 bridgehead atoms. The summed E-state index contributed by atoms with van der Waals surface area (Å²) in [5.41, 5.74) is 0.711. The number of nitrogens with zero attached hydrogens (tertiary/aromatic N) is 4. The van der Waals surface area contributed by atoms with E-state index in [2.05, 4.69) is 9.97 Å². The Morgan fingerprint density at radius 1 is 1.33 bits per heavy atom. The number of rotatable bonds is 0. The van der Waals surface area contributed by atoms with Gasteiger partial charge in [-0.25, -0.2) is 9.78 Å². The van der Waals surface area contributed by atoms with E-state index in [1.54, 1.807) is 4.57 Å². The second-order valence-electron chi connectivity index (χ2n) is 4.56. The largest absolute Gasteiger partial charge is 0.387 e. The van der Waals surface area contributed by atoms with E-state index in [4.69, 9.17) is 4.74 Å². The highest BCUT2D eigenvalue weighted by molar-refractivity contribution is 5.70. The van der Waals surface area contributed by atoms with Crippen LogP contribution in [0.15, 0.2) is 17.3 Å². The number of imidazole rings is 1. The predicted molar refractivity (Wildman–Crippen MR) is 57.7 cm³/mol. The van der Waals surface area contributed by atoms with Crippen LogP contribution in [0.25, 0.3) is 11.2 Å². The zero-order chi connectivity index (χ0) is 12.4. The average Bonchev–Trinajstić information content (AvgIpc) is 2.82. The van der Waals surface area contributed by atoms with Gasteiger partial charge in [-0.3, -0.25) is 9.13 Å². The highest BCUT2D eigenvalue weighted by atomic mass is 16.6. The zero-order valence-corrected chi connectivity index (χ0v) is 9.17. The highest BCUT2D eigenvalue weighted by Crippen LogP contribution is 2.34. The van der Waals surface area contributed by atoms with Gasteiger partial charge in [0.15, 0.2) is 6.23 Å². The van der Waals surface area contributed by atoms with Gasteiger partial charge in [-0.2, -0.15) is 4.98 Å². The summed E-state index contributed by atoms with van der Waals surface area (Å²) < 4.78 is 8.56. The number of fused-ring (bicyclic) bond motifs is 3. The van der Waals surface area contributed by atoms with Crippen LogP contribution in [0.3, 0.4) is 0 Å². The maximum absolute atomic E-state index is 11.8. The molecule has 0 aromatic carbocycles. The van der Waals surface area contributed by atoms with Crippen LogP contribution in [0.1, 0.15) is 6.23 Å². The summed E-state index contributed by atoms with van der Waals surface area (Å²) in [5.74, 6) is 0. The summed E-state index contributed by atoms with van der Waals surface area (Å²) in [7, 11) is 0. The molecule has 2 aliphatic heterocycles. The molecule has 2 aliphatic rings. The first kappa shape index (κ1) is 10.2. The molecule has 2 N–H and O–H groups in total. The first-order chi connectivity index (χ1) is 8.66. The lowest BCUT2D eigenvalue weighted by molar-refractivity contribution is -0.0331. The van der Waals surface area contributed by atoms with Gasteiger partial charge < -0.3 is 14.9 Å². The molecule has 2 aromatic heterocycles. The quantitative estimate of drug-likeness (QED) is 0.573. The molecular formula is C10H10N4O4. The number of aliphatic hydroxyl groups excluding tert-OH is 2. The maximum Gasteiger partial charge on any atom is 0.349 e. The van der Waals surface area contributed by atoms with E-state index in [0.717, 1.165) is 0 Å². The lowest BCUT2D eigenvalue weighted by atomic mass is 10.1. The molecule has 4 rings (SSSR count). The molecule has 2 aromatic rings. The lowest BCUT2D eigenvalue weighted by Gasteiger charge is -2.19.